The lowest BCUT2D eigenvalue weighted by Gasteiger charge is -2.36. The Morgan fingerprint density at radius 3 is 2.47 bits per heavy atom. The Balaban J connectivity index is 1.89. The normalized spacial score (nSPS) is 15.6. The topological polar surface area (TPSA) is 72.1 Å². The first-order valence-corrected chi connectivity index (χ1v) is 11.8. The second-order valence-corrected chi connectivity index (χ2v) is 8.80. The fourth-order valence-electron chi connectivity index (χ4n) is 4.90. The van der Waals surface area contributed by atoms with E-state index in [0.29, 0.717) is 64.6 Å². The highest BCUT2D eigenvalue weighted by molar-refractivity contribution is 6.30. The van der Waals surface area contributed by atoms with Crippen molar-refractivity contribution in [1.82, 2.24) is 4.90 Å². The summed E-state index contributed by atoms with van der Waals surface area (Å²) < 4.78 is 17.2. The van der Waals surface area contributed by atoms with Gasteiger partial charge in [0.05, 0.1) is 25.9 Å². The lowest BCUT2D eigenvalue weighted by atomic mass is 9.88. The first-order valence-electron chi connectivity index (χ1n) is 11.4. The second-order valence-electron chi connectivity index (χ2n) is 8.37. The predicted octanol–water partition coefficient (Wildman–Crippen LogP) is 5.85. The van der Waals surface area contributed by atoms with Gasteiger partial charge in [0.1, 0.15) is 22.7 Å². The minimum absolute atomic E-state index is 0.126. The number of carbonyl (C=O) groups excluding carboxylic acids is 1. The highest BCUT2D eigenvalue weighted by atomic mass is 35.5. The number of fused-ring (bicyclic) bond motifs is 3. The van der Waals surface area contributed by atoms with E-state index in [9.17, 15) is 9.90 Å². The van der Waals surface area contributed by atoms with Crippen molar-refractivity contribution in [3.8, 4) is 5.75 Å². The summed E-state index contributed by atoms with van der Waals surface area (Å²) >= 11 is 6.20. The minimum atomic E-state index is -0.466. The quantitative estimate of drug-likeness (QED) is 0.362. The number of phenolic OH excluding ortho intramolecular Hbond substituents is 1. The highest BCUT2D eigenvalue weighted by Crippen LogP contribution is 2.47. The van der Waals surface area contributed by atoms with Gasteiger partial charge in [-0.05, 0) is 31.5 Å². The van der Waals surface area contributed by atoms with Crippen LogP contribution in [0.4, 0.5) is 0 Å². The molecule has 0 saturated carbocycles. The van der Waals surface area contributed by atoms with E-state index in [4.69, 9.17) is 25.5 Å². The molecule has 1 N–H and O–H groups in total. The van der Waals surface area contributed by atoms with E-state index in [1.807, 2.05) is 48.5 Å². The van der Waals surface area contributed by atoms with E-state index < -0.39 is 5.97 Å². The molecule has 7 heteroatoms. The highest BCUT2D eigenvalue weighted by Gasteiger charge is 2.34. The van der Waals surface area contributed by atoms with Gasteiger partial charge in [-0.1, -0.05) is 48.0 Å². The third-order valence-corrected chi connectivity index (χ3v) is 6.64. The van der Waals surface area contributed by atoms with Crippen LogP contribution < -0.4 is 0 Å². The minimum Gasteiger partial charge on any atom is -0.507 e. The average Bonchev–Trinajstić information content (AvgIpc) is 3.20. The van der Waals surface area contributed by atoms with Crippen LogP contribution in [0.3, 0.4) is 0 Å². The van der Waals surface area contributed by atoms with E-state index in [1.54, 1.807) is 13.8 Å². The Morgan fingerprint density at radius 2 is 1.79 bits per heavy atom. The molecule has 1 fully saturated rings. The van der Waals surface area contributed by atoms with Gasteiger partial charge in [-0.3, -0.25) is 4.90 Å². The number of carbonyl (C=O) groups is 1. The van der Waals surface area contributed by atoms with Crippen molar-refractivity contribution in [3.63, 3.8) is 0 Å². The number of ether oxygens (including phenoxy) is 2. The number of phenols is 1. The number of aryl methyl sites for hydroxylation is 1. The van der Waals surface area contributed by atoms with Crippen LogP contribution in [-0.2, 0) is 9.47 Å². The SMILES string of the molecule is CCOC(=O)c1c(C)oc2c1c([C@H](c1ccc(Cl)cc1)N1CCOCC1)c(O)c1ccccc12. The van der Waals surface area contributed by atoms with E-state index in [2.05, 4.69) is 4.90 Å². The summed E-state index contributed by atoms with van der Waals surface area (Å²) in [6, 6.07) is 14.8. The lowest BCUT2D eigenvalue weighted by molar-refractivity contribution is 0.0238. The summed E-state index contributed by atoms with van der Waals surface area (Å²) in [6.45, 7) is 6.28. The Bertz CT molecular complexity index is 1360. The van der Waals surface area contributed by atoms with Crippen LogP contribution in [0.1, 0.15) is 40.2 Å². The number of hydrogen-bond donors (Lipinski definition) is 1. The van der Waals surface area contributed by atoms with Gasteiger partial charge in [-0.25, -0.2) is 4.79 Å². The van der Waals surface area contributed by atoms with Crippen molar-refractivity contribution in [2.24, 2.45) is 0 Å². The zero-order valence-corrected chi connectivity index (χ0v) is 19.9. The maximum absolute atomic E-state index is 13.1. The monoisotopic (exact) mass is 479 g/mol. The number of hydrogen-bond acceptors (Lipinski definition) is 6. The third-order valence-electron chi connectivity index (χ3n) is 6.39. The van der Waals surface area contributed by atoms with Gasteiger partial charge < -0.3 is 19.0 Å². The number of nitrogens with zero attached hydrogens (tertiary/aromatic N) is 1. The molecule has 1 aromatic heterocycles. The maximum Gasteiger partial charge on any atom is 0.342 e. The molecule has 0 spiro atoms. The van der Waals surface area contributed by atoms with Crippen molar-refractivity contribution in [2.45, 2.75) is 19.9 Å². The Morgan fingerprint density at radius 1 is 1.12 bits per heavy atom. The van der Waals surface area contributed by atoms with Gasteiger partial charge in [-0.2, -0.15) is 0 Å². The molecule has 1 saturated heterocycles. The molecule has 34 heavy (non-hydrogen) atoms. The van der Waals surface area contributed by atoms with Gasteiger partial charge in [0, 0.05) is 39.8 Å². The molecule has 2 heterocycles. The number of benzene rings is 3. The van der Waals surface area contributed by atoms with E-state index in [-0.39, 0.29) is 18.4 Å². The molecular weight excluding hydrogens is 454 g/mol. The molecule has 6 nitrogen and oxygen atoms in total. The number of halogens is 1. The van der Waals surface area contributed by atoms with E-state index in [0.717, 1.165) is 10.9 Å². The molecular formula is C27H26ClNO5. The molecule has 0 radical (unpaired) electrons. The molecule has 176 valence electrons. The van der Waals surface area contributed by atoms with Crippen LogP contribution in [0, 0.1) is 6.92 Å². The van der Waals surface area contributed by atoms with Crippen LogP contribution in [0.2, 0.25) is 5.02 Å². The Kier molecular flexibility index (Phi) is 6.21. The second kappa shape index (κ2) is 9.29. The molecule has 3 aromatic carbocycles. The lowest BCUT2D eigenvalue weighted by Crippen LogP contribution is -2.39. The number of aromatic hydroxyl groups is 1. The zero-order valence-electron chi connectivity index (χ0n) is 19.1. The van der Waals surface area contributed by atoms with Crippen LogP contribution in [0.15, 0.2) is 52.9 Å². The molecule has 0 amide bonds. The van der Waals surface area contributed by atoms with Crippen molar-refractivity contribution >= 4 is 39.3 Å². The molecule has 0 bridgehead atoms. The molecule has 4 aromatic rings. The van der Waals surface area contributed by atoms with Crippen molar-refractivity contribution in [3.05, 3.63) is 76.0 Å². The fraction of sp³-hybridized carbons (Fsp3) is 0.296. The van der Waals surface area contributed by atoms with E-state index >= 15 is 0 Å². The number of esters is 1. The molecule has 0 unspecified atom stereocenters. The van der Waals surface area contributed by atoms with Gasteiger partial charge in [0.2, 0.25) is 0 Å². The smallest absolute Gasteiger partial charge is 0.342 e. The fourth-order valence-corrected chi connectivity index (χ4v) is 5.02. The van der Waals surface area contributed by atoms with Gasteiger partial charge in [0.25, 0.3) is 0 Å². The molecule has 1 aliphatic heterocycles. The molecule has 1 atom stereocenters. The van der Waals surface area contributed by atoms with E-state index in [1.165, 1.54) is 0 Å². The summed E-state index contributed by atoms with van der Waals surface area (Å²) in [5, 5.41) is 14.4. The summed E-state index contributed by atoms with van der Waals surface area (Å²) in [4.78, 5) is 15.4. The molecule has 1 aliphatic rings. The zero-order chi connectivity index (χ0) is 23.8. The standard InChI is InChI=1S/C27H26ClNO5/c1-3-33-27(31)21-16(2)34-26-20-7-5-4-6-19(20)25(30)23(22(21)26)24(29-12-14-32-15-13-29)17-8-10-18(28)11-9-17/h4-11,24,30H,3,12-15H2,1-2H3/t24-/m0/s1. The largest absolute Gasteiger partial charge is 0.507 e. The summed E-state index contributed by atoms with van der Waals surface area (Å²) in [5.41, 5.74) is 2.49. The van der Waals surface area contributed by atoms with Crippen LogP contribution in [0.5, 0.6) is 5.75 Å². The molecule has 5 rings (SSSR count). The maximum atomic E-state index is 13.1. The van der Waals surface area contributed by atoms with Gasteiger partial charge >= 0.3 is 5.97 Å². The number of furan rings is 1. The van der Waals surface area contributed by atoms with Crippen LogP contribution in [-0.4, -0.2) is 48.9 Å². The van der Waals surface area contributed by atoms with Crippen molar-refractivity contribution in [2.75, 3.05) is 32.9 Å². The average molecular weight is 480 g/mol. The summed E-state index contributed by atoms with van der Waals surface area (Å²) in [6.07, 6.45) is 0. The van der Waals surface area contributed by atoms with Gasteiger partial charge in [0.15, 0.2) is 0 Å². The first kappa shape index (κ1) is 22.7. The Labute approximate surface area is 202 Å². The first-order chi connectivity index (χ1) is 16.5. The molecule has 0 aliphatic carbocycles. The number of rotatable bonds is 5. The van der Waals surface area contributed by atoms with Crippen molar-refractivity contribution in [1.29, 1.82) is 0 Å². The number of morpholine rings is 1. The van der Waals surface area contributed by atoms with Gasteiger partial charge in [-0.15, -0.1) is 0 Å². The van der Waals surface area contributed by atoms with Crippen molar-refractivity contribution < 1.29 is 23.8 Å². The Hall–Kier alpha value is -3.06. The summed E-state index contributed by atoms with van der Waals surface area (Å²) in [7, 11) is 0. The van der Waals surface area contributed by atoms with Crippen LogP contribution in [0.25, 0.3) is 21.7 Å². The summed E-state index contributed by atoms with van der Waals surface area (Å²) in [5.74, 6) is 0.120. The van der Waals surface area contributed by atoms with Crippen LogP contribution >= 0.6 is 11.6 Å². The third kappa shape index (κ3) is 3.82. The predicted molar refractivity (Wildman–Crippen MR) is 132 cm³/mol.